The van der Waals surface area contributed by atoms with Gasteiger partial charge in [0.25, 0.3) is 0 Å². The molecule has 0 atom stereocenters. The van der Waals surface area contributed by atoms with Crippen molar-refractivity contribution in [2.24, 2.45) is 10.6 Å². The summed E-state index contributed by atoms with van der Waals surface area (Å²) in [5.41, 5.74) is 1.06. The molecule has 1 fully saturated rings. The Morgan fingerprint density at radius 2 is 2.05 bits per heavy atom. The molecule has 0 aliphatic heterocycles. The second kappa shape index (κ2) is 6.04. The summed E-state index contributed by atoms with van der Waals surface area (Å²) in [5, 5.41) is 14.2. The summed E-state index contributed by atoms with van der Waals surface area (Å²) < 4.78 is 28.7. The summed E-state index contributed by atoms with van der Waals surface area (Å²) >= 11 is 0. The van der Waals surface area contributed by atoms with Crippen molar-refractivity contribution in [3.05, 3.63) is 29.3 Å². The van der Waals surface area contributed by atoms with E-state index in [1.165, 1.54) is 0 Å². The molecule has 2 N–H and O–H groups in total. The molecule has 114 valence electrons. The third kappa shape index (κ3) is 4.19. The highest BCUT2D eigenvalue weighted by atomic mass is 32.2. The van der Waals surface area contributed by atoms with Gasteiger partial charge in [0.15, 0.2) is 0 Å². The summed E-state index contributed by atoms with van der Waals surface area (Å²) in [7, 11) is -3.53. The van der Waals surface area contributed by atoms with Gasteiger partial charge in [-0.2, -0.15) is 5.26 Å². The van der Waals surface area contributed by atoms with Gasteiger partial charge in [0, 0.05) is 5.41 Å². The summed E-state index contributed by atoms with van der Waals surface area (Å²) in [6, 6.07) is 7.33. The first-order chi connectivity index (χ1) is 9.84. The van der Waals surface area contributed by atoms with E-state index in [-0.39, 0.29) is 5.75 Å². The van der Waals surface area contributed by atoms with Crippen molar-refractivity contribution >= 4 is 10.0 Å². The second-order valence-electron chi connectivity index (χ2n) is 5.90. The van der Waals surface area contributed by atoms with Crippen molar-refractivity contribution in [2.75, 3.05) is 12.4 Å². The molecule has 1 aliphatic carbocycles. The van der Waals surface area contributed by atoms with Crippen molar-refractivity contribution in [3.63, 3.8) is 0 Å². The van der Waals surface area contributed by atoms with Gasteiger partial charge in [-0.15, -0.1) is 0 Å². The number of sulfonamides is 1. The lowest BCUT2D eigenvalue weighted by atomic mass is 9.90. The van der Waals surface area contributed by atoms with Gasteiger partial charge in [-0.05, 0) is 37.5 Å². The summed E-state index contributed by atoms with van der Waals surface area (Å²) in [4.78, 5) is 0. The molecule has 2 rings (SSSR count). The van der Waals surface area contributed by atoms with E-state index < -0.39 is 15.4 Å². The normalized spacial score (nSPS) is 17.4. The number of nitrogens with two attached hydrogens (primary N) is 1. The van der Waals surface area contributed by atoms with Crippen LogP contribution < -0.4 is 9.88 Å². The first-order valence-electron chi connectivity index (χ1n) is 6.98. The fourth-order valence-electron chi connectivity index (χ4n) is 2.94. The number of primary sulfonamides is 1. The minimum absolute atomic E-state index is 0.0447. The first kappa shape index (κ1) is 15.8. The van der Waals surface area contributed by atoms with E-state index in [0.29, 0.717) is 17.9 Å². The van der Waals surface area contributed by atoms with E-state index in [2.05, 4.69) is 6.07 Å². The molecule has 0 bridgehead atoms. The summed E-state index contributed by atoms with van der Waals surface area (Å²) in [6.45, 7) is 2.22. The van der Waals surface area contributed by atoms with Crippen LogP contribution in [-0.4, -0.2) is 20.8 Å². The Bertz CT molecular complexity index is 656. The third-order valence-electron chi connectivity index (χ3n) is 4.02. The quantitative estimate of drug-likeness (QED) is 0.901. The van der Waals surface area contributed by atoms with Gasteiger partial charge in [-0.1, -0.05) is 18.9 Å². The molecule has 1 aliphatic rings. The smallest absolute Gasteiger partial charge is 0.209 e. The molecule has 1 saturated carbocycles. The Labute approximate surface area is 125 Å². The number of nitriles is 1. The molecule has 1 aromatic rings. The van der Waals surface area contributed by atoms with Crippen LogP contribution in [0, 0.1) is 23.7 Å². The Balaban J connectivity index is 2.15. The molecule has 0 heterocycles. The zero-order valence-corrected chi connectivity index (χ0v) is 12.9. The third-order valence-corrected chi connectivity index (χ3v) is 5.04. The van der Waals surface area contributed by atoms with Crippen molar-refractivity contribution in [2.45, 2.75) is 32.6 Å². The van der Waals surface area contributed by atoms with Crippen molar-refractivity contribution in [1.29, 1.82) is 5.26 Å². The van der Waals surface area contributed by atoms with Gasteiger partial charge >= 0.3 is 0 Å². The average Bonchev–Trinajstić information content (AvgIpc) is 2.84. The highest BCUT2D eigenvalue weighted by Crippen LogP contribution is 2.39. The molecule has 0 spiro atoms. The van der Waals surface area contributed by atoms with Crippen LogP contribution in [0.4, 0.5) is 0 Å². The maximum absolute atomic E-state index is 11.5. The number of nitrogens with zero attached hydrogens (tertiary/aromatic N) is 1. The lowest BCUT2D eigenvalue weighted by Crippen LogP contribution is -2.36. The molecule has 0 amide bonds. The number of hydrogen-bond donors (Lipinski definition) is 1. The van der Waals surface area contributed by atoms with E-state index in [4.69, 9.17) is 15.1 Å². The fourth-order valence-corrected chi connectivity index (χ4v) is 4.16. The molecule has 5 nitrogen and oxygen atoms in total. The Morgan fingerprint density at radius 3 is 2.62 bits per heavy atom. The van der Waals surface area contributed by atoms with Crippen LogP contribution >= 0.6 is 0 Å². The van der Waals surface area contributed by atoms with E-state index in [1.807, 2.05) is 13.0 Å². The number of ether oxygens (including phenoxy) is 1. The maximum atomic E-state index is 11.5. The number of hydrogen-bond acceptors (Lipinski definition) is 4. The van der Waals surface area contributed by atoms with Crippen molar-refractivity contribution in [3.8, 4) is 11.8 Å². The second-order valence-corrected chi connectivity index (χ2v) is 7.51. The highest BCUT2D eigenvalue weighted by molar-refractivity contribution is 7.89. The lowest BCUT2D eigenvalue weighted by molar-refractivity contribution is 0.169. The largest absolute Gasteiger partial charge is 0.493 e. The molecule has 0 radical (unpaired) electrons. The Morgan fingerprint density at radius 1 is 1.38 bits per heavy atom. The zero-order chi connectivity index (χ0) is 15.5. The van der Waals surface area contributed by atoms with Crippen LogP contribution in [0.5, 0.6) is 5.75 Å². The predicted molar refractivity (Wildman–Crippen MR) is 80.3 cm³/mol. The molecule has 0 saturated heterocycles. The number of rotatable bonds is 5. The van der Waals surface area contributed by atoms with Gasteiger partial charge in [0.2, 0.25) is 10.0 Å². The van der Waals surface area contributed by atoms with Crippen LogP contribution in [0.2, 0.25) is 0 Å². The Kier molecular flexibility index (Phi) is 4.55. The van der Waals surface area contributed by atoms with E-state index in [1.54, 1.807) is 12.1 Å². The van der Waals surface area contributed by atoms with Gasteiger partial charge in [-0.3, -0.25) is 0 Å². The van der Waals surface area contributed by atoms with Crippen LogP contribution in [0.25, 0.3) is 0 Å². The van der Waals surface area contributed by atoms with Gasteiger partial charge in [0.1, 0.15) is 5.75 Å². The molecule has 6 heteroatoms. The predicted octanol–water partition coefficient (Wildman–Crippen LogP) is 2.09. The van der Waals surface area contributed by atoms with E-state index in [0.717, 1.165) is 31.2 Å². The van der Waals surface area contributed by atoms with Crippen LogP contribution in [0.15, 0.2) is 18.2 Å². The molecule has 21 heavy (non-hydrogen) atoms. The average molecular weight is 308 g/mol. The first-order valence-corrected chi connectivity index (χ1v) is 8.69. The van der Waals surface area contributed by atoms with E-state index >= 15 is 0 Å². The van der Waals surface area contributed by atoms with Gasteiger partial charge in [0.05, 0.1) is 24.0 Å². The van der Waals surface area contributed by atoms with Crippen molar-refractivity contribution < 1.29 is 13.2 Å². The van der Waals surface area contributed by atoms with Gasteiger partial charge < -0.3 is 4.74 Å². The summed E-state index contributed by atoms with van der Waals surface area (Å²) in [6.07, 6.45) is 3.60. The SMILES string of the molecule is Cc1ccc(C#N)cc1OCC1(CS(N)(=O)=O)CCCC1. The zero-order valence-electron chi connectivity index (χ0n) is 12.1. The van der Waals surface area contributed by atoms with Crippen LogP contribution in [0.3, 0.4) is 0 Å². The monoisotopic (exact) mass is 308 g/mol. The molecular weight excluding hydrogens is 288 g/mol. The topological polar surface area (TPSA) is 93.2 Å². The standard InChI is InChI=1S/C15H20N2O3S/c1-12-4-5-13(9-16)8-14(12)20-10-15(6-2-3-7-15)11-21(17,18)19/h4-5,8H,2-3,6-7,10-11H2,1H3,(H2,17,18,19). The van der Waals surface area contributed by atoms with Gasteiger partial charge in [-0.25, -0.2) is 13.6 Å². The minimum Gasteiger partial charge on any atom is -0.493 e. The summed E-state index contributed by atoms with van der Waals surface area (Å²) in [5.74, 6) is 0.589. The van der Waals surface area contributed by atoms with Crippen molar-refractivity contribution in [1.82, 2.24) is 0 Å². The Hall–Kier alpha value is -1.58. The number of aryl methyl sites for hydroxylation is 1. The van der Waals surface area contributed by atoms with Crippen LogP contribution in [-0.2, 0) is 10.0 Å². The number of benzene rings is 1. The fraction of sp³-hybridized carbons (Fsp3) is 0.533. The van der Waals surface area contributed by atoms with E-state index in [9.17, 15) is 8.42 Å². The van der Waals surface area contributed by atoms with Crippen LogP contribution in [0.1, 0.15) is 36.8 Å². The molecule has 0 unspecified atom stereocenters. The maximum Gasteiger partial charge on any atom is 0.209 e. The highest BCUT2D eigenvalue weighted by Gasteiger charge is 2.38. The minimum atomic E-state index is -3.53. The molecule has 0 aromatic heterocycles. The molecule has 1 aromatic carbocycles. The lowest BCUT2D eigenvalue weighted by Gasteiger charge is -2.28. The molecular formula is C15H20N2O3S.